The third kappa shape index (κ3) is 107. The highest BCUT2D eigenvalue weighted by Crippen LogP contribution is 1.94. The molecule has 0 aromatic carbocycles. The van der Waals surface area contributed by atoms with Crippen molar-refractivity contribution in [2.24, 2.45) is 0 Å². The van der Waals surface area contributed by atoms with Gasteiger partial charge in [-0.3, -0.25) is 48.2 Å². The van der Waals surface area contributed by atoms with E-state index in [1.165, 1.54) is 0 Å². The van der Waals surface area contributed by atoms with Gasteiger partial charge >= 0.3 is 23.9 Å². The minimum Gasteiger partial charge on any atom is -0.481 e. The predicted octanol–water partition coefficient (Wildman–Crippen LogP) is -1.38. The van der Waals surface area contributed by atoms with Crippen molar-refractivity contribution in [3.8, 4) is 0 Å². The molecule has 38 heavy (non-hydrogen) atoms. The maximum absolute atomic E-state index is 10.6. The number of rotatable bonds is 11. The first-order valence-electron chi connectivity index (χ1n) is 9.23. The van der Waals surface area contributed by atoms with E-state index in [0.29, 0.717) is 0 Å². The summed E-state index contributed by atoms with van der Waals surface area (Å²) in [7, 11) is 0. The molecule has 0 aliphatic rings. The van der Waals surface area contributed by atoms with E-state index in [2.05, 4.69) is 0 Å². The van der Waals surface area contributed by atoms with Gasteiger partial charge in [-0.2, -0.15) is 0 Å². The molecule has 0 aromatic heterocycles. The predicted molar refractivity (Wildman–Crippen MR) is 127 cm³/mol. The number of nitrogens with zero attached hydrogens (tertiary/aromatic N) is 2. The molecule has 0 atom stereocenters. The van der Waals surface area contributed by atoms with E-state index in [9.17, 15) is 19.2 Å². The molecule has 226 valence electrons. The molecule has 0 bridgehead atoms. The maximum Gasteiger partial charge on any atom is 0.317 e. The van der Waals surface area contributed by atoms with Gasteiger partial charge in [0.1, 0.15) is 0 Å². The van der Waals surface area contributed by atoms with Gasteiger partial charge in [0.15, 0.2) is 0 Å². The molecule has 0 saturated heterocycles. The summed E-state index contributed by atoms with van der Waals surface area (Å²) in [6.45, 7) is 2.08. The summed E-state index contributed by atoms with van der Waals surface area (Å²) in [5.41, 5.74) is 0. The highest BCUT2D eigenvalue weighted by Gasteiger charge is 2.17. The van der Waals surface area contributed by atoms with Crippen molar-refractivity contribution in [1.82, 2.24) is 22.1 Å². The molecule has 0 amide bonds. The third-order valence-corrected chi connectivity index (χ3v) is 2.17. The highest BCUT2D eigenvalue weighted by molar-refractivity contribution is 5.73. The van der Waals surface area contributed by atoms with Gasteiger partial charge in [-0.1, -0.05) is 0 Å². The van der Waals surface area contributed by atoms with Crippen LogP contribution in [0.4, 0.5) is 0 Å². The van der Waals surface area contributed by atoms with Crippen LogP contribution in [0.1, 0.15) is 27.7 Å². The van der Waals surface area contributed by atoms with Crippen LogP contribution in [0.5, 0.6) is 0 Å². The normalized spacial score (nSPS) is 8.26. The lowest BCUT2D eigenvalue weighted by Gasteiger charge is -2.23. The topological polar surface area (TPSA) is 375 Å². The molecule has 14 N–H and O–H groups in total. The smallest absolute Gasteiger partial charge is 0.317 e. The number of carboxylic acids is 8. The van der Waals surface area contributed by atoms with Crippen molar-refractivity contribution in [3.05, 3.63) is 0 Å². The van der Waals surface area contributed by atoms with Gasteiger partial charge in [0.05, 0.1) is 26.2 Å². The SMILES string of the molecule is CC(=O)O.CC(=O)O.CC(=O)O.CC(=O)O.N.N.O=C(O)CN(CCN(CC(=O)O)CC(=O)O)CC(=O)O. The zero-order chi connectivity index (χ0) is 30.0. The van der Waals surface area contributed by atoms with E-state index in [-0.39, 0.29) is 25.4 Å². The molecule has 0 saturated carbocycles. The minimum absolute atomic E-state index is 0. The summed E-state index contributed by atoms with van der Waals surface area (Å²) in [6.07, 6.45) is 0. The van der Waals surface area contributed by atoms with E-state index in [1.54, 1.807) is 0 Å². The van der Waals surface area contributed by atoms with E-state index < -0.39 is 73.9 Å². The van der Waals surface area contributed by atoms with Crippen molar-refractivity contribution >= 4 is 47.8 Å². The summed E-state index contributed by atoms with van der Waals surface area (Å²) < 4.78 is 0. The lowest BCUT2D eigenvalue weighted by atomic mass is 10.4. The first-order valence-corrected chi connectivity index (χ1v) is 9.23. The third-order valence-electron chi connectivity index (χ3n) is 2.17. The van der Waals surface area contributed by atoms with Crippen LogP contribution in [0.15, 0.2) is 0 Å². The van der Waals surface area contributed by atoms with Crippen LogP contribution in [0, 0.1) is 0 Å². The standard InChI is InChI=1S/C10H16N2O8.4C2H4O2.2H3N/c13-7(14)3-11(4-8(15)16)1-2-12(5-9(17)18)6-10(19)20;4*1-2(3)4;;/h1-6H2,(H,13,14)(H,15,16)(H,17,18)(H,19,20);4*1H3,(H,3,4);2*1H3. The van der Waals surface area contributed by atoms with Crippen LogP contribution in [-0.2, 0) is 38.4 Å². The van der Waals surface area contributed by atoms with Gasteiger partial charge in [0.25, 0.3) is 23.9 Å². The molecule has 0 radical (unpaired) electrons. The Hall–Kier alpha value is -4.40. The second-order valence-corrected chi connectivity index (χ2v) is 6.07. The quantitative estimate of drug-likeness (QED) is 0.137. The Morgan fingerprint density at radius 2 is 0.500 bits per heavy atom. The summed E-state index contributed by atoms with van der Waals surface area (Å²) in [4.78, 5) is 80.4. The number of carbonyl (C=O) groups is 8. The minimum atomic E-state index is -1.23. The summed E-state index contributed by atoms with van der Waals surface area (Å²) >= 11 is 0. The number of aliphatic carboxylic acids is 8. The van der Waals surface area contributed by atoms with Crippen molar-refractivity contribution in [1.29, 1.82) is 0 Å². The van der Waals surface area contributed by atoms with Gasteiger partial charge in [0.2, 0.25) is 0 Å². The van der Waals surface area contributed by atoms with Crippen molar-refractivity contribution < 1.29 is 79.2 Å². The first-order chi connectivity index (χ1) is 16.1. The Morgan fingerprint density at radius 1 is 0.395 bits per heavy atom. The second kappa shape index (κ2) is 32.6. The number of carboxylic acid groups (broad SMARTS) is 8. The molecule has 0 spiro atoms. The van der Waals surface area contributed by atoms with E-state index in [4.69, 9.17) is 60.0 Å². The van der Waals surface area contributed by atoms with Crippen LogP contribution >= 0.6 is 0 Å². The molecule has 20 nitrogen and oxygen atoms in total. The molecule has 0 aliphatic carbocycles. The van der Waals surface area contributed by atoms with Crippen LogP contribution < -0.4 is 12.3 Å². The Morgan fingerprint density at radius 3 is 0.579 bits per heavy atom. The van der Waals surface area contributed by atoms with Crippen LogP contribution in [0.3, 0.4) is 0 Å². The molecule has 0 aliphatic heterocycles. The van der Waals surface area contributed by atoms with E-state index >= 15 is 0 Å². The van der Waals surface area contributed by atoms with Crippen LogP contribution in [-0.4, -0.2) is 138 Å². The van der Waals surface area contributed by atoms with Gasteiger partial charge in [-0.05, 0) is 0 Å². The first kappa shape index (κ1) is 50.5. The fourth-order valence-corrected chi connectivity index (χ4v) is 1.48. The zero-order valence-corrected chi connectivity index (χ0v) is 21.4. The fraction of sp³-hybridized carbons (Fsp3) is 0.556. The second-order valence-electron chi connectivity index (χ2n) is 6.07. The molecule has 0 unspecified atom stereocenters. The monoisotopic (exact) mass is 566 g/mol. The van der Waals surface area contributed by atoms with Crippen LogP contribution in [0.25, 0.3) is 0 Å². The molecule has 20 heteroatoms. The molecular weight excluding hydrogens is 528 g/mol. The number of hydrogen-bond donors (Lipinski definition) is 10. The van der Waals surface area contributed by atoms with Gasteiger partial charge < -0.3 is 53.2 Å². The molecule has 0 fully saturated rings. The average Bonchev–Trinajstić information content (AvgIpc) is 2.55. The van der Waals surface area contributed by atoms with Gasteiger partial charge in [0, 0.05) is 40.8 Å². The summed E-state index contributed by atoms with van der Waals surface area (Å²) in [5, 5.41) is 64.1. The fourth-order valence-electron chi connectivity index (χ4n) is 1.48. The van der Waals surface area contributed by atoms with Gasteiger partial charge in [-0.25, -0.2) is 0 Å². The van der Waals surface area contributed by atoms with E-state index in [0.717, 1.165) is 37.5 Å². The average molecular weight is 567 g/mol. The Kier molecular flexibility index (Phi) is 43.3. The lowest BCUT2D eigenvalue weighted by Crippen LogP contribution is -2.43. The summed E-state index contributed by atoms with van der Waals surface area (Å²) in [6, 6.07) is 0. The molecule has 0 rings (SSSR count). The van der Waals surface area contributed by atoms with E-state index in [1.807, 2.05) is 0 Å². The zero-order valence-electron chi connectivity index (χ0n) is 21.4. The van der Waals surface area contributed by atoms with Gasteiger partial charge in [-0.15, -0.1) is 0 Å². The molecule has 0 heterocycles. The van der Waals surface area contributed by atoms with Crippen molar-refractivity contribution in [2.45, 2.75) is 27.7 Å². The highest BCUT2D eigenvalue weighted by atomic mass is 16.4. The number of hydrogen-bond acceptors (Lipinski definition) is 12. The van der Waals surface area contributed by atoms with Crippen LogP contribution in [0.2, 0.25) is 0 Å². The Balaban J connectivity index is -0.0000000873. The Labute approximate surface area is 216 Å². The maximum atomic E-state index is 10.6. The van der Waals surface area contributed by atoms with Crippen molar-refractivity contribution in [3.63, 3.8) is 0 Å². The molecular formula is C18H38N4O16. The largest absolute Gasteiger partial charge is 0.481 e. The molecule has 0 aromatic rings. The van der Waals surface area contributed by atoms with Crippen molar-refractivity contribution in [2.75, 3.05) is 39.3 Å². The lowest BCUT2D eigenvalue weighted by molar-refractivity contribution is -0.145. The summed E-state index contributed by atoms with van der Waals surface area (Å²) in [5.74, 6) is -8.24. The Bertz CT molecular complexity index is 597.